The van der Waals surface area contributed by atoms with Crippen LogP contribution in [0.3, 0.4) is 0 Å². The van der Waals surface area contributed by atoms with E-state index < -0.39 is 6.04 Å². The van der Waals surface area contributed by atoms with Gasteiger partial charge in [0.25, 0.3) is 0 Å². The van der Waals surface area contributed by atoms with Gasteiger partial charge in [0.05, 0.1) is 18.7 Å². The molecule has 90 valence electrons. The summed E-state index contributed by atoms with van der Waals surface area (Å²) in [5.74, 6) is 0.247. The van der Waals surface area contributed by atoms with E-state index in [2.05, 4.69) is 6.58 Å². The molecule has 0 heterocycles. The van der Waals surface area contributed by atoms with E-state index in [4.69, 9.17) is 15.7 Å². The number of benzene rings is 1. The molecule has 17 heavy (non-hydrogen) atoms. The minimum Gasteiger partial charge on any atom is -0.504 e. The topological polar surface area (TPSA) is 79.3 Å². The van der Waals surface area contributed by atoms with Crippen molar-refractivity contribution in [2.45, 2.75) is 19.4 Å². The first kappa shape index (κ1) is 13.1. The lowest BCUT2D eigenvalue weighted by Gasteiger charge is -2.17. The van der Waals surface area contributed by atoms with Crippen LogP contribution in [-0.2, 0) is 0 Å². The van der Waals surface area contributed by atoms with E-state index in [1.54, 1.807) is 12.1 Å². The molecule has 0 aliphatic carbocycles. The van der Waals surface area contributed by atoms with Crippen LogP contribution < -0.4 is 10.5 Å². The summed E-state index contributed by atoms with van der Waals surface area (Å²) in [5.41, 5.74) is 7.63. The Labute approximate surface area is 101 Å². The van der Waals surface area contributed by atoms with E-state index in [-0.39, 0.29) is 5.75 Å². The van der Waals surface area contributed by atoms with Gasteiger partial charge in [-0.2, -0.15) is 5.26 Å². The maximum absolute atomic E-state index is 10.00. The van der Waals surface area contributed by atoms with Gasteiger partial charge in [-0.15, -0.1) is 6.58 Å². The fraction of sp³-hybridized carbons (Fsp3) is 0.308. The standard InChI is InChI=1S/C13H16N2O2/c1-8(2)6-10(15)12-9(7-14)4-5-11(17-3)13(12)16/h4-5,10,16H,1,6,15H2,2-3H3/t10-/m0/s1. The maximum atomic E-state index is 10.00. The zero-order valence-corrected chi connectivity index (χ0v) is 10.0. The van der Waals surface area contributed by atoms with Gasteiger partial charge in [0, 0.05) is 11.6 Å². The molecule has 1 rings (SSSR count). The number of hydrogen-bond acceptors (Lipinski definition) is 4. The summed E-state index contributed by atoms with van der Waals surface area (Å²) < 4.78 is 5.00. The van der Waals surface area contributed by atoms with E-state index in [1.165, 1.54) is 7.11 Å². The van der Waals surface area contributed by atoms with Crippen LogP contribution >= 0.6 is 0 Å². The highest BCUT2D eigenvalue weighted by molar-refractivity contribution is 5.55. The van der Waals surface area contributed by atoms with E-state index in [0.717, 1.165) is 5.57 Å². The molecular formula is C13H16N2O2. The SMILES string of the molecule is C=C(C)C[C@H](N)c1c(C#N)ccc(OC)c1O. The largest absolute Gasteiger partial charge is 0.504 e. The second kappa shape index (κ2) is 5.37. The molecule has 0 unspecified atom stereocenters. The van der Waals surface area contributed by atoms with Crippen molar-refractivity contribution in [2.24, 2.45) is 5.73 Å². The summed E-state index contributed by atoms with van der Waals surface area (Å²) in [6.45, 7) is 5.62. The number of phenols is 1. The van der Waals surface area contributed by atoms with Crippen molar-refractivity contribution in [1.29, 1.82) is 5.26 Å². The fourth-order valence-electron chi connectivity index (χ4n) is 1.70. The second-order valence-electron chi connectivity index (χ2n) is 3.96. The van der Waals surface area contributed by atoms with Gasteiger partial charge in [-0.25, -0.2) is 0 Å². The Morgan fingerprint density at radius 2 is 2.29 bits per heavy atom. The van der Waals surface area contributed by atoms with Crippen LogP contribution in [-0.4, -0.2) is 12.2 Å². The Morgan fingerprint density at radius 3 is 2.76 bits per heavy atom. The van der Waals surface area contributed by atoms with Crippen LogP contribution in [0.2, 0.25) is 0 Å². The number of nitrogens with zero attached hydrogens (tertiary/aromatic N) is 1. The van der Waals surface area contributed by atoms with Gasteiger partial charge in [0.2, 0.25) is 0 Å². The summed E-state index contributed by atoms with van der Waals surface area (Å²) in [4.78, 5) is 0. The number of rotatable bonds is 4. The Morgan fingerprint density at radius 1 is 1.65 bits per heavy atom. The molecule has 0 bridgehead atoms. The van der Waals surface area contributed by atoms with Crippen LogP contribution in [0.15, 0.2) is 24.3 Å². The molecule has 0 amide bonds. The Kier molecular flexibility index (Phi) is 4.13. The van der Waals surface area contributed by atoms with Gasteiger partial charge >= 0.3 is 0 Å². The minimum absolute atomic E-state index is 0.0692. The maximum Gasteiger partial charge on any atom is 0.163 e. The molecule has 1 atom stereocenters. The molecular weight excluding hydrogens is 216 g/mol. The zero-order valence-electron chi connectivity index (χ0n) is 10.0. The lowest BCUT2D eigenvalue weighted by atomic mass is 9.95. The van der Waals surface area contributed by atoms with Crippen LogP contribution in [0.4, 0.5) is 0 Å². The average molecular weight is 232 g/mol. The Balaban J connectivity index is 3.28. The third-order valence-corrected chi connectivity index (χ3v) is 2.46. The summed E-state index contributed by atoms with van der Waals surface area (Å²) in [5, 5.41) is 19.0. The molecule has 1 aromatic rings. The molecule has 0 spiro atoms. The normalized spacial score (nSPS) is 11.6. The predicted octanol–water partition coefficient (Wildman–Crippen LogP) is 2.24. The molecule has 1 aromatic carbocycles. The predicted molar refractivity (Wildman–Crippen MR) is 65.7 cm³/mol. The molecule has 4 heteroatoms. The Hall–Kier alpha value is -1.99. The second-order valence-corrected chi connectivity index (χ2v) is 3.96. The monoisotopic (exact) mass is 232 g/mol. The summed E-state index contributed by atoms with van der Waals surface area (Å²) in [6, 6.07) is 4.69. The number of ether oxygens (including phenoxy) is 1. The van der Waals surface area contributed by atoms with Gasteiger partial charge in [-0.3, -0.25) is 0 Å². The minimum atomic E-state index is -0.461. The first-order valence-corrected chi connectivity index (χ1v) is 5.21. The number of hydrogen-bond donors (Lipinski definition) is 2. The van der Waals surface area contributed by atoms with Crippen molar-refractivity contribution in [2.75, 3.05) is 7.11 Å². The van der Waals surface area contributed by atoms with E-state index in [0.29, 0.717) is 23.3 Å². The first-order chi connectivity index (χ1) is 8.01. The number of nitrogens with two attached hydrogens (primary N) is 1. The quantitative estimate of drug-likeness (QED) is 0.780. The van der Waals surface area contributed by atoms with Gasteiger partial charge in [0.1, 0.15) is 0 Å². The number of phenolic OH excluding ortho intramolecular Hbond substituents is 1. The molecule has 3 N–H and O–H groups in total. The van der Waals surface area contributed by atoms with Crippen molar-refractivity contribution in [3.8, 4) is 17.6 Å². The molecule has 0 radical (unpaired) electrons. The van der Waals surface area contributed by atoms with Gasteiger partial charge in [-0.05, 0) is 25.5 Å². The molecule has 0 fully saturated rings. The lowest BCUT2D eigenvalue weighted by molar-refractivity contribution is 0.368. The molecule has 0 aromatic heterocycles. The molecule has 0 saturated heterocycles. The number of methoxy groups -OCH3 is 1. The van der Waals surface area contributed by atoms with Crippen LogP contribution in [0, 0.1) is 11.3 Å². The van der Waals surface area contributed by atoms with Crippen molar-refractivity contribution in [3.05, 3.63) is 35.4 Å². The fourth-order valence-corrected chi connectivity index (χ4v) is 1.70. The smallest absolute Gasteiger partial charge is 0.163 e. The van der Waals surface area contributed by atoms with E-state index in [9.17, 15) is 5.11 Å². The van der Waals surface area contributed by atoms with E-state index in [1.807, 2.05) is 13.0 Å². The van der Waals surface area contributed by atoms with Crippen molar-refractivity contribution < 1.29 is 9.84 Å². The molecule has 4 nitrogen and oxygen atoms in total. The molecule has 0 aliphatic rings. The zero-order chi connectivity index (χ0) is 13.0. The highest BCUT2D eigenvalue weighted by Crippen LogP contribution is 2.37. The van der Waals surface area contributed by atoms with Crippen molar-refractivity contribution in [1.82, 2.24) is 0 Å². The Bertz CT molecular complexity index is 475. The third kappa shape index (κ3) is 2.77. The van der Waals surface area contributed by atoms with Crippen LogP contribution in [0.1, 0.15) is 30.5 Å². The van der Waals surface area contributed by atoms with Gasteiger partial charge < -0.3 is 15.6 Å². The summed E-state index contributed by atoms with van der Waals surface area (Å²) in [7, 11) is 1.45. The number of aromatic hydroxyl groups is 1. The molecule has 0 saturated carbocycles. The highest BCUT2D eigenvalue weighted by atomic mass is 16.5. The number of nitriles is 1. The summed E-state index contributed by atoms with van der Waals surface area (Å²) >= 11 is 0. The van der Waals surface area contributed by atoms with Gasteiger partial charge in [0.15, 0.2) is 11.5 Å². The summed E-state index contributed by atoms with van der Waals surface area (Å²) in [6.07, 6.45) is 0.509. The lowest BCUT2D eigenvalue weighted by Crippen LogP contribution is -2.13. The van der Waals surface area contributed by atoms with Crippen molar-refractivity contribution in [3.63, 3.8) is 0 Å². The average Bonchev–Trinajstić information content (AvgIpc) is 2.27. The van der Waals surface area contributed by atoms with Gasteiger partial charge in [-0.1, -0.05) is 5.57 Å². The van der Waals surface area contributed by atoms with Crippen LogP contribution in [0.25, 0.3) is 0 Å². The highest BCUT2D eigenvalue weighted by Gasteiger charge is 2.19. The molecule has 0 aliphatic heterocycles. The van der Waals surface area contributed by atoms with Crippen LogP contribution in [0.5, 0.6) is 11.5 Å². The van der Waals surface area contributed by atoms with E-state index >= 15 is 0 Å². The first-order valence-electron chi connectivity index (χ1n) is 5.21. The van der Waals surface area contributed by atoms with Crippen molar-refractivity contribution >= 4 is 0 Å². The third-order valence-electron chi connectivity index (χ3n) is 2.46.